The third-order valence-electron chi connectivity index (χ3n) is 2.04. The molecule has 94 valence electrons. The summed E-state index contributed by atoms with van der Waals surface area (Å²) in [5.41, 5.74) is 5.82. The summed E-state index contributed by atoms with van der Waals surface area (Å²) in [6, 6.07) is 7.36. The smallest absolute Gasteiger partial charge is 0.321 e. The molecule has 0 aliphatic carbocycles. The maximum Gasteiger partial charge on any atom is 0.321 e. The predicted molar refractivity (Wildman–Crippen MR) is 62.7 cm³/mol. The molecule has 0 saturated heterocycles. The monoisotopic (exact) mass is 258 g/mol. The highest BCUT2D eigenvalue weighted by molar-refractivity contribution is 7.88. The molecule has 1 atom stereocenters. The lowest BCUT2D eigenvalue weighted by Crippen LogP contribution is -2.42. The molecule has 0 radical (unpaired) electrons. The second kappa shape index (κ2) is 5.76. The Bertz CT molecular complexity index is 472. The lowest BCUT2D eigenvalue weighted by atomic mass is 10.2. The van der Waals surface area contributed by atoms with Crippen LogP contribution >= 0.6 is 0 Å². The number of nitrogens with two attached hydrogens (primary N) is 1. The molecule has 0 fully saturated rings. The quantitative estimate of drug-likeness (QED) is 0.638. The predicted octanol–water partition coefficient (Wildman–Crippen LogP) is -0.482. The van der Waals surface area contributed by atoms with Crippen LogP contribution in [0, 0.1) is 0 Å². The fourth-order valence-electron chi connectivity index (χ4n) is 1.15. The number of benzene rings is 1. The summed E-state index contributed by atoms with van der Waals surface area (Å²) in [6.45, 7) is -0.315. The van der Waals surface area contributed by atoms with Gasteiger partial charge in [-0.3, -0.25) is 4.79 Å². The van der Waals surface area contributed by atoms with Crippen LogP contribution in [0.15, 0.2) is 30.3 Å². The Morgan fingerprint density at radius 2 is 1.94 bits per heavy atom. The zero-order chi connectivity index (χ0) is 12.9. The second-order valence-electron chi connectivity index (χ2n) is 3.54. The van der Waals surface area contributed by atoms with Crippen molar-refractivity contribution in [3.63, 3.8) is 0 Å². The van der Waals surface area contributed by atoms with Crippen LogP contribution in [-0.2, 0) is 20.6 Å². The number of hydrogen-bond donors (Lipinski definition) is 3. The lowest BCUT2D eigenvalue weighted by molar-refractivity contribution is -0.138. The van der Waals surface area contributed by atoms with Crippen molar-refractivity contribution >= 4 is 16.0 Å². The van der Waals surface area contributed by atoms with E-state index < -0.39 is 22.0 Å². The van der Waals surface area contributed by atoms with Crippen LogP contribution in [0.2, 0.25) is 0 Å². The molecule has 0 unspecified atom stereocenters. The number of sulfonamides is 1. The van der Waals surface area contributed by atoms with Gasteiger partial charge in [-0.2, -0.15) is 0 Å². The minimum Gasteiger partial charge on any atom is -0.480 e. The minimum atomic E-state index is -3.56. The number of aliphatic carboxylic acids is 1. The van der Waals surface area contributed by atoms with E-state index in [1.807, 2.05) is 0 Å². The molecule has 1 aromatic rings. The van der Waals surface area contributed by atoms with E-state index in [0.29, 0.717) is 5.56 Å². The molecule has 0 spiro atoms. The van der Waals surface area contributed by atoms with E-state index in [9.17, 15) is 13.2 Å². The van der Waals surface area contributed by atoms with Gasteiger partial charge in [0.1, 0.15) is 6.04 Å². The van der Waals surface area contributed by atoms with Gasteiger partial charge in [-0.1, -0.05) is 30.3 Å². The molecule has 17 heavy (non-hydrogen) atoms. The van der Waals surface area contributed by atoms with Gasteiger partial charge in [-0.15, -0.1) is 0 Å². The Morgan fingerprint density at radius 1 is 1.35 bits per heavy atom. The Labute approximate surface area is 99.5 Å². The summed E-state index contributed by atoms with van der Waals surface area (Å²) in [4.78, 5) is 10.4. The van der Waals surface area contributed by atoms with Crippen molar-refractivity contribution in [2.45, 2.75) is 11.8 Å². The average Bonchev–Trinajstić information content (AvgIpc) is 2.26. The summed E-state index contributed by atoms with van der Waals surface area (Å²) in [7, 11) is -3.56. The van der Waals surface area contributed by atoms with E-state index in [2.05, 4.69) is 4.72 Å². The molecule has 4 N–H and O–H groups in total. The molecule has 0 saturated carbocycles. The summed E-state index contributed by atoms with van der Waals surface area (Å²) in [5, 5.41) is 8.51. The highest BCUT2D eigenvalue weighted by Gasteiger charge is 2.16. The number of carbonyl (C=O) groups is 1. The molecule has 1 aromatic carbocycles. The van der Waals surface area contributed by atoms with Gasteiger partial charge in [0.25, 0.3) is 0 Å². The van der Waals surface area contributed by atoms with Gasteiger partial charge < -0.3 is 10.8 Å². The molecule has 1 rings (SSSR count). The van der Waals surface area contributed by atoms with Crippen molar-refractivity contribution in [3.05, 3.63) is 35.9 Å². The molecular weight excluding hydrogens is 244 g/mol. The first kappa shape index (κ1) is 13.6. The lowest BCUT2D eigenvalue weighted by Gasteiger charge is -2.09. The van der Waals surface area contributed by atoms with Crippen molar-refractivity contribution < 1.29 is 18.3 Å². The highest BCUT2D eigenvalue weighted by atomic mass is 32.2. The number of carboxylic acids is 1. The summed E-state index contributed by atoms with van der Waals surface area (Å²) >= 11 is 0. The van der Waals surface area contributed by atoms with Gasteiger partial charge in [0.15, 0.2) is 0 Å². The zero-order valence-corrected chi connectivity index (χ0v) is 9.85. The van der Waals surface area contributed by atoms with Crippen LogP contribution < -0.4 is 10.5 Å². The molecule has 0 aliphatic rings. The van der Waals surface area contributed by atoms with E-state index in [0.717, 1.165) is 0 Å². The minimum absolute atomic E-state index is 0.194. The zero-order valence-electron chi connectivity index (χ0n) is 9.04. The first-order chi connectivity index (χ1) is 7.91. The third-order valence-corrected chi connectivity index (χ3v) is 3.36. The van der Waals surface area contributed by atoms with Crippen LogP contribution in [0.5, 0.6) is 0 Å². The second-order valence-corrected chi connectivity index (χ2v) is 5.34. The standard InChI is InChI=1S/C10H14N2O4S/c11-9(10(13)14)6-12-17(15,16)7-8-4-2-1-3-5-8/h1-5,9,12H,6-7,11H2,(H,13,14)/t9-/m1/s1. The van der Waals surface area contributed by atoms with Gasteiger partial charge in [0.2, 0.25) is 10.0 Å². The Morgan fingerprint density at radius 3 is 2.47 bits per heavy atom. The van der Waals surface area contributed by atoms with Gasteiger partial charge >= 0.3 is 5.97 Å². The Kier molecular flexibility index (Phi) is 4.62. The Hall–Kier alpha value is -1.44. The third kappa shape index (κ3) is 4.94. The molecule has 7 heteroatoms. The van der Waals surface area contributed by atoms with Crippen molar-refractivity contribution in [2.24, 2.45) is 5.73 Å². The summed E-state index contributed by atoms with van der Waals surface area (Å²) in [5.74, 6) is -1.44. The van der Waals surface area contributed by atoms with Crippen LogP contribution in [0.25, 0.3) is 0 Å². The fraction of sp³-hybridized carbons (Fsp3) is 0.300. The molecule has 0 aromatic heterocycles. The van der Waals surface area contributed by atoms with Crippen molar-refractivity contribution in [1.29, 1.82) is 0 Å². The number of hydrogen-bond acceptors (Lipinski definition) is 4. The molecule has 0 bridgehead atoms. The molecular formula is C10H14N2O4S. The maximum absolute atomic E-state index is 11.6. The number of carboxylic acid groups (broad SMARTS) is 1. The fourth-order valence-corrected chi connectivity index (χ4v) is 2.32. The highest BCUT2D eigenvalue weighted by Crippen LogP contribution is 2.03. The first-order valence-corrected chi connectivity index (χ1v) is 6.55. The van der Waals surface area contributed by atoms with Gasteiger partial charge in [0.05, 0.1) is 5.75 Å². The topological polar surface area (TPSA) is 109 Å². The van der Waals surface area contributed by atoms with Crippen LogP contribution in [0.1, 0.15) is 5.56 Å². The molecule has 0 amide bonds. The van der Waals surface area contributed by atoms with E-state index in [1.54, 1.807) is 30.3 Å². The van der Waals surface area contributed by atoms with E-state index >= 15 is 0 Å². The van der Waals surface area contributed by atoms with Crippen molar-refractivity contribution in [1.82, 2.24) is 4.72 Å². The van der Waals surface area contributed by atoms with Gasteiger partial charge in [-0.05, 0) is 5.56 Å². The van der Waals surface area contributed by atoms with Crippen LogP contribution in [0.3, 0.4) is 0 Å². The molecule has 0 heterocycles. The van der Waals surface area contributed by atoms with Crippen LogP contribution in [-0.4, -0.2) is 32.1 Å². The average molecular weight is 258 g/mol. The van der Waals surface area contributed by atoms with Crippen molar-refractivity contribution in [2.75, 3.05) is 6.54 Å². The number of rotatable bonds is 6. The van der Waals surface area contributed by atoms with Crippen molar-refractivity contribution in [3.8, 4) is 0 Å². The maximum atomic E-state index is 11.6. The van der Waals surface area contributed by atoms with Crippen LogP contribution in [0.4, 0.5) is 0 Å². The first-order valence-electron chi connectivity index (χ1n) is 4.90. The SMILES string of the molecule is N[C@H](CNS(=O)(=O)Cc1ccccc1)C(=O)O. The number of nitrogens with one attached hydrogen (secondary N) is 1. The van der Waals surface area contributed by atoms with E-state index in [1.165, 1.54) is 0 Å². The summed E-state index contributed by atoms with van der Waals surface area (Å²) in [6.07, 6.45) is 0. The normalized spacial score (nSPS) is 13.2. The van der Waals surface area contributed by atoms with Gasteiger partial charge in [-0.25, -0.2) is 13.1 Å². The summed E-state index contributed by atoms with van der Waals surface area (Å²) < 4.78 is 25.3. The molecule has 6 nitrogen and oxygen atoms in total. The van der Waals surface area contributed by atoms with E-state index in [-0.39, 0.29) is 12.3 Å². The largest absolute Gasteiger partial charge is 0.480 e. The Balaban J connectivity index is 2.56. The van der Waals surface area contributed by atoms with E-state index in [4.69, 9.17) is 10.8 Å². The van der Waals surface area contributed by atoms with Gasteiger partial charge in [0, 0.05) is 6.54 Å². The molecule has 0 aliphatic heterocycles.